The first-order valence-corrected chi connectivity index (χ1v) is 10.8. The minimum absolute atomic E-state index is 0.0976. The largest absolute Gasteiger partial charge is 0.392 e. The highest BCUT2D eigenvalue weighted by molar-refractivity contribution is 7.89. The first-order valence-electron chi connectivity index (χ1n) is 9.28. The molecular formula is C19H24N4O3S. The number of sulfonamides is 1. The van der Waals surface area contributed by atoms with E-state index in [1.165, 1.54) is 5.56 Å². The normalized spacial score (nSPS) is 19.8. The van der Waals surface area contributed by atoms with Crippen LogP contribution in [0.3, 0.4) is 0 Å². The molecule has 0 spiro atoms. The van der Waals surface area contributed by atoms with Crippen LogP contribution in [0.2, 0.25) is 0 Å². The van der Waals surface area contributed by atoms with Gasteiger partial charge in [0, 0.05) is 50.3 Å². The van der Waals surface area contributed by atoms with Crippen LogP contribution in [-0.2, 0) is 16.6 Å². The molecule has 0 saturated carbocycles. The van der Waals surface area contributed by atoms with E-state index < -0.39 is 15.3 Å². The second-order valence-corrected chi connectivity index (χ2v) is 9.38. The zero-order valence-corrected chi connectivity index (χ0v) is 15.9. The van der Waals surface area contributed by atoms with Gasteiger partial charge in [-0.1, -0.05) is 6.07 Å². The number of hydrogen-bond donors (Lipinski definition) is 1. The summed E-state index contributed by atoms with van der Waals surface area (Å²) in [4.78, 5) is 10.3. The molecule has 27 heavy (non-hydrogen) atoms. The van der Waals surface area contributed by atoms with E-state index in [-0.39, 0.29) is 6.61 Å². The summed E-state index contributed by atoms with van der Waals surface area (Å²) in [6.45, 7) is 1.89. The van der Waals surface area contributed by atoms with Crippen molar-refractivity contribution < 1.29 is 13.5 Å². The van der Waals surface area contributed by atoms with Crippen LogP contribution in [0.1, 0.15) is 29.9 Å². The van der Waals surface area contributed by atoms with E-state index in [0.29, 0.717) is 37.9 Å². The summed E-state index contributed by atoms with van der Waals surface area (Å²) in [5.41, 5.74) is 1.97. The molecule has 2 aliphatic rings. The third-order valence-corrected chi connectivity index (χ3v) is 7.82. The molecule has 0 unspecified atom stereocenters. The monoisotopic (exact) mass is 388 g/mol. The van der Waals surface area contributed by atoms with Crippen LogP contribution in [0.5, 0.6) is 0 Å². The van der Waals surface area contributed by atoms with Gasteiger partial charge in [0.15, 0.2) is 0 Å². The predicted octanol–water partition coefficient (Wildman–Crippen LogP) is 1.37. The summed E-state index contributed by atoms with van der Waals surface area (Å²) >= 11 is 0. The summed E-state index contributed by atoms with van der Waals surface area (Å²) in [7, 11) is -3.30. The van der Waals surface area contributed by atoms with Crippen LogP contribution in [0, 0.1) is 0 Å². The van der Waals surface area contributed by atoms with E-state index in [9.17, 15) is 13.5 Å². The predicted molar refractivity (Wildman–Crippen MR) is 103 cm³/mol. The zero-order chi connectivity index (χ0) is 18.9. The van der Waals surface area contributed by atoms with Gasteiger partial charge in [-0.05, 0) is 42.5 Å². The van der Waals surface area contributed by atoms with E-state index in [1.54, 1.807) is 29.0 Å². The van der Waals surface area contributed by atoms with Crippen molar-refractivity contribution in [2.75, 3.05) is 31.1 Å². The highest BCUT2D eigenvalue weighted by Crippen LogP contribution is 2.32. The van der Waals surface area contributed by atoms with Crippen LogP contribution in [0.15, 0.2) is 42.9 Å². The van der Waals surface area contributed by atoms with E-state index >= 15 is 0 Å². The number of pyridine rings is 2. The zero-order valence-electron chi connectivity index (χ0n) is 15.1. The maximum Gasteiger partial charge on any atom is 0.220 e. The van der Waals surface area contributed by atoms with Gasteiger partial charge < -0.3 is 10.0 Å². The van der Waals surface area contributed by atoms with Crippen LogP contribution >= 0.6 is 0 Å². The first-order chi connectivity index (χ1) is 13.1. The van der Waals surface area contributed by atoms with E-state index in [0.717, 1.165) is 18.4 Å². The topological polar surface area (TPSA) is 86.6 Å². The lowest BCUT2D eigenvalue weighted by Crippen LogP contribution is -2.59. The van der Waals surface area contributed by atoms with E-state index in [1.807, 2.05) is 23.1 Å². The van der Waals surface area contributed by atoms with Crippen LogP contribution < -0.4 is 4.90 Å². The molecule has 2 aromatic heterocycles. The molecule has 2 saturated heterocycles. The van der Waals surface area contributed by atoms with Crippen molar-refractivity contribution in [3.63, 3.8) is 0 Å². The fourth-order valence-corrected chi connectivity index (χ4v) is 5.81. The molecule has 2 aromatic rings. The van der Waals surface area contributed by atoms with Crippen molar-refractivity contribution in [3.05, 3.63) is 54.0 Å². The van der Waals surface area contributed by atoms with E-state index in [4.69, 9.17) is 0 Å². The fourth-order valence-electron chi connectivity index (χ4n) is 3.93. The molecule has 1 N–H and O–H groups in total. The van der Waals surface area contributed by atoms with Crippen molar-refractivity contribution in [2.24, 2.45) is 0 Å². The Morgan fingerprint density at radius 1 is 1.07 bits per heavy atom. The highest BCUT2D eigenvalue weighted by atomic mass is 32.2. The average Bonchev–Trinajstić information content (AvgIpc) is 2.68. The Bertz CT molecular complexity index is 877. The van der Waals surface area contributed by atoms with Gasteiger partial charge in [0.25, 0.3) is 0 Å². The Labute approximate surface area is 159 Å². The van der Waals surface area contributed by atoms with Gasteiger partial charge in [-0.25, -0.2) is 17.7 Å². The molecule has 0 aliphatic carbocycles. The Morgan fingerprint density at radius 2 is 1.78 bits per heavy atom. The molecule has 2 aliphatic heterocycles. The van der Waals surface area contributed by atoms with Gasteiger partial charge in [0.05, 0.1) is 6.61 Å². The van der Waals surface area contributed by atoms with E-state index in [2.05, 4.69) is 9.97 Å². The SMILES string of the molecule is O=S(=O)(C1CN(c2ncccc2CO)C1)N1CCC(c2ccncc2)CC1. The lowest BCUT2D eigenvalue weighted by molar-refractivity contribution is 0.281. The average molecular weight is 388 g/mol. The van der Waals surface area contributed by atoms with Gasteiger partial charge in [-0.2, -0.15) is 0 Å². The number of anilines is 1. The van der Waals surface area contributed by atoms with Crippen LogP contribution in [-0.4, -0.2) is 59.2 Å². The number of piperidine rings is 1. The molecule has 0 atom stereocenters. The lowest BCUT2D eigenvalue weighted by atomic mass is 9.91. The van der Waals surface area contributed by atoms with Crippen molar-refractivity contribution >= 4 is 15.8 Å². The standard InChI is InChI=1S/C19H24N4O3S/c24-14-17-2-1-7-21-19(17)22-12-18(13-22)27(25,26)23-10-5-16(6-11-23)15-3-8-20-9-4-15/h1-4,7-9,16,18,24H,5-6,10-14H2. The number of aliphatic hydroxyl groups excluding tert-OH is 1. The fraction of sp³-hybridized carbons (Fsp3) is 0.474. The quantitative estimate of drug-likeness (QED) is 0.832. The summed E-state index contributed by atoms with van der Waals surface area (Å²) in [6, 6.07) is 7.62. The minimum atomic E-state index is -3.30. The summed E-state index contributed by atoms with van der Waals surface area (Å²) < 4.78 is 27.6. The maximum absolute atomic E-state index is 13.0. The molecule has 144 valence electrons. The Hall–Kier alpha value is -2.03. The lowest BCUT2D eigenvalue weighted by Gasteiger charge is -2.43. The first kappa shape index (κ1) is 18.3. The third-order valence-electron chi connectivity index (χ3n) is 5.60. The van der Waals surface area contributed by atoms with Crippen LogP contribution in [0.4, 0.5) is 5.82 Å². The molecule has 0 bridgehead atoms. The molecule has 0 amide bonds. The molecule has 7 nitrogen and oxygen atoms in total. The van der Waals surface area contributed by atoms with Gasteiger partial charge in [0.2, 0.25) is 10.0 Å². The van der Waals surface area contributed by atoms with Gasteiger partial charge in [0.1, 0.15) is 11.1 Å². The Balaban J connectivity index is 1.37. The molecule has 8 heteroatoms. The number of hydrogen-bond acceptors (Lipinski definition) is 6. The third kappa shape index (κ3) is 3.56. The smallest absolute Gasteiger partial charge is 0.220 e. The Kier molecular flexibility index (Phi) is 5.12. The van der Waals surface area contributed by atoms with Crippen molar-refractivity contribution in [1.29, 1.82) is 0 Å². The van der Waals surface area contributed by atoms with Crippen molar-refractivity contribution in [3.8, 4) is 0 Å². The minimum Gasteiger partial charge on any atom is -0.392 e. The van der Waals surface area contributed by atoms with Crippen molar-refractivity contribution in [2.45, 2.75) is 30.6 Å². The maximum atomic E-state index is 13.0. The molecule has 4 heterocycles. The molecule has 0 aromatic carbocycles. The highest BCUT2D eigenvalue weighted by Gasteiger charge is 2.42. The number of aromatic nitrogens is 2. The summed E-state index contributed by atoms with van der Waals surface area (Å²) in [5, 5.41) is 9.04. The summed E-state index contributed by atoms with van der Waals surface area (Å²) in [6.07, 6.45) is 6.93. The second kappa shape index (κ2) is 7.53. The second-order valence-electron chi connectivity index (χ2n) is 7.17. The van der Waals surface area contributed by atoms with Gasteiger partial charge in [-0.15, -0.1) is 0 Å². The molecule has 2 fully saturated rings. The number of rotatable bonds is 5. The number of nitrogens with zero attached hydrogens (tertiary/aromatic N) is 4. The number of aliphatic hydroxyl groups is 1. The molecule has 0 radical (unpaired) electrons. The van der Waals surface area contributed by atoms with Gasteiger partial charge in [-0.3, -0.25) is 4.98 Å². The summed E-state index contributed by atoms with van der Waals surface area (Å²) in [5.74, 6) is 1.08. The van der Waals surface area contributed by atoms with Crippen LogP contribution in [0.25, 0.3) is 0 Å². The molecule has 4 rings (SSSR count). The molecular weight excluding hydrogens is 364 g/mol. The van der Waals surface area contributed by atoms with Gasteiger partial charge >= 0.3 is 0 Å². The Morgan fingerprint density at radius 3 is 2.44 bits per heavy atom. The van der Waals surface area contributed by atoms with Crippen molar-refractivity contribution in [1.82, 2.24) is 14.3 Å².